The number of anilines is 1. The molecule has 0 bridgehead atoms. The van der Waals surface area contributed by atoms with Crippen LogP contribution in [-0.2, 0) is 22.2 Å². The smallest absolute Gasteiger partial charge is 0.407 e. The van der Waals surface area contributed by atoms with Gasteiger partial charge in [0.2, 0.25) is 5.91 Å². The van der Waals surface area contributed by atoms with Crippen molar-refractivity contribution < 1.29 is 38.1 Å². The Balaban J connectivity index is 1.59. The minimum Gasteiger partial charge on any atom is -0.497 e. The molecule has 2 N–H and O–H groups in total. The van der Waals surface area contributed by atoms with Crippen molar-refractivity contribution in [1.82, 2.24) is 4.90 Å². The number of carbonyl (C=O) groups excluding carboxylic acids is 1. The fourth-order valence-electron chi connectivity index (χ4n) is 5.00. The van der Waals surface area contributed by atoms with Crippen LogP contribution >= 0.6 is 0 Å². The number of piperidine rings is 1. The largest absolute Gasteiger partial charge is 0.497 e. The summed E-state index contributed by atoms with van der Waals surface area (Å²) in [6.45, 7) is 10.5. The molecule has 224 valence electrons. The van der Waals surface area contributed by atoms with E-state index in [1.165, 1.54) is 21.9 Å². The molecule has 2 heterocycles. The second-order valence-electron chi connectivity index (χ2n) is 12.4. The van der Waals surface area contributed by atoms with E-state index in [0.717, 1.165) is 5.56 Å². The molecule has 9 nitrogen and oxygen atoms in total. The van der Waals surface area contributed by atoms with Crippen LogP contribution in [0, 0.1) is 5.82 Å². The Labute approximate surface area is 241 Å². The van der Waals surface area contributed by atoms with Gasteiger partial charge in [0, 0.05) is 18.5 Å². The zero-order valence-corrected chi connectivity index (χ0v) is 25.7. The Morgan fingerprint density at radius 2 is 1.83 bits per heavy atom. The summed E-state index contributed by atoms with van der Waals surface area (Å²) < 4.78 is 33.2. The Kier molecular flexibility index (Phi) is 8.72. The van der Waals surface area contributed by atoms with Gasteiger partial charge in [-0.05, 0) is 60.8 Å². The first-order valence-electron chi connectivity index (χ1n) is 13.9. The zero-order valence-electron chi connectivity index (χ0n) is 24.7. The minimum absolute atomic E-state index is 0.0212. The highest BCUT2D eigenvalue weighted by atomic mass is 28.4. The van der Waals surface area contributed by atoms with E-state index in [9.17, 15) is 19.8 Å². The van der Waals surface area contributed by atoms with Crippen LogP contribution in [0.3, 0.4) is 0 Å². The highest BCUT2D eigenvalue weighted by Gasteiger charge is 2.49. The second-order valence-corrected chi connectivity index (χ2v) is 17.2. The van der Waals surface area contributed by atoms with Crippen molar-refractivity contribution in [3.63, 3.8) is 0 Å². The maximum Gasteiger partial charge on any atom is 0.407 e. The lowest BCUT2D eigenvalue weighted by molar-refractivity contribution is -0.126. The fraction of sp³-hybridized carbons (Fsp3) is 0.533. The predicted molar refractivity (Wildman–Crippen MR) is 156 cm³/mol. The first-order chi connectivity index (χ1) is 19.1. The van der Waals surface area contributed by atoms with Gasteiger partial charge in [-0.2, -0.15) is 0 Å². The third-order valence-electron chi connectivity index (χ3n) is 8.64. The number of methoxy groups -OCH3 is 1. The Hall–Kier alpha value is -3.15. The van der Waals surface area contributed by atoms with E-state index >= 15 is 4.39 Å². The number of ether oxygens (including phenoxy) is 2. The van der Waals surface area contributed by atoms with Crippen molar-refractivity contribution in [3.8, 4) is 11.5 Å². The molecule has 0 spiro atoms. The van der Waals surface area contributed by atoms with Crippen molar-refractivity contribution >= 4 is 26.0 Å². The number of carbonyl (C=O) groups is 2. The molecule has 0 aromatic heterocycles. The van der Waals surface area contributed by atoms with E-state index in [0.29, 0.717) is 23.5 Å². The van der Waals surface area contributed by atoms with Crippen molar-refractivity contribution in [1.29, 1.82) is 0 Å². The average Bonchev–Trinajstić information content (AvgIpc) is 2.90. The van der Waals surface area contributed by atoms with E-state index in [4.69, 9.17) is 13.9 Å². The van der Waals surface area contributed by atoms with E-state index in [1.807, 2.05) is 12.1 Å². The highest BCUT2D eigenvalue weighted by molar-refractivity contribution is 6.74. The summed E-state index contributed by atoms with van der Waals surface area (Å²) in [4.78, 5) is 27.4. The molecule has 0 saturated carbocycles. The zero-order chi connectivity index (χ0) is 30.2. The van der Waals surface area contributed by atoms with Crippen LogP contribution in [0.25, 0.3) is 0 Å². The second kappa shape index (κ2) is 11.6. The van der Waals surface area contributed by atoms with E-state index < -0.39 is 31.9 Å². The van der Waals surface area contributed by atoms with Crippen molar-refractivity contribution in [3.05, 3.63) is 53.3 Å². The van der Waals surface area contributed by atoms with Crippen molar-refractivity contribution in [2.75, 3.05) is 31.7 Å². The molecule has 1 fully saturated rings. The normalized spacial score (nSPS) is 21.5. The molecule has 0 radical (unpaired) electrons. The van der Waals surface area contributed by atoms with Crippen molar-refractivity contribution in [2.24, 2.45) is 0 Å². The Morgan fingerprint density at radius 3 is 2.44 bits per heavy atom. The van der Waals surface area contributed by atoms with Crippen LogP contribution in [0.15, 0.2) is 36.4 Å². The fourth-order valence-corrected chi connectivity index (χ4v) is 6.36. The maximum absolute atomic E-state index is 15.2. The number of carboxylic acid groups (broad SMARTS) is 1. The van der Waals surface area contributed by atoms with Gasteiger partial charge < -0.3 is 33.9 Å². The van der Waals surface area contributed by atoms with E-state index in [2.05, 4.69) is 33.9 Å². The van der Waals surface area contributed by atoms with Gasteiger partial charge in [0.25, 0.3) is 0 Å². The summed E-state index contributed by atoms with van der Waals surface area (Å²) in [7, 11) is -0.808. The number of fused-ring (bicyclic) bond motifs is 1. The highest BCUT2D eigenvalue weighted by Crippen LogP contribution is 2.41. The van der Waals surface area contributed by atoms with Gasteiger partial charge in [0.15, 0.2) is 8.32 Å². The number of aliphatic hydroxyl groups is 1. The number of hydrogen-bond acceptors (Lipinski definition) is 6. The number of hydrogen-bond donors (Lipinski definition) is 2. The van der Waals surface area contributed by atoms with Gasteiger partial charge in [0.1, 0.15) is 29.5 Å². The standard InChI is InChI=1S/C30H41FN2O7Si/c1-29(2,3)41(5,6)40-25-18-32(28(35)36)16-15-30(25,37)19-39-24-13-12-23(31)27-22(24)11-14-26(34)33(27)17-20-7-9-21(38-4)10-8-20/h7-10,12-13,25,37H,11,14-19H2,1-6H3,(H,35,36)/t25-,30-/m1/s1. The summed E-state index contributed by atoms with van der Waals surface area (Å²) in [5, 5.41) is 21.3. The van der Waals surface area contributed by atoms with Crippen LogP contribution in [0.4, 0.5) is 14.9 Å². The first kappa shape index (κ1) is 30.8. The van der Waals surface area contributed by atoms with Crippen LogP contribution in [0.5, 0.6) is 11.5 Å². The van der Waals surface area contributed by atoms with Gasteiger partial charge >= 0.3 is 6.09 Å². The molecule has 2 atom stereocenters. The summed E-state index contributed by atoms with van der Waals surface area (Å²) >= 11 is 0. The number of likely N-dealkylation sites (tertiary alicyclic amines) is 1. The van der Waals surface area contributed by atoms with E-state index in [-0.39, 0.29) is 55.7 Å². The average molecular weight is 589 g/mol. The monoisotopic (exact) mass is 588 g/mol. The SMILES string of the molecule is COc1ccc(CN2C(=O)CCc3c(OC[C@]4(O)CCN(C(=O)O)C[C@H]4O[Si](C)(C)C(C)(C)C)ccc(F)c32)cc1. The van der Waals surface area contributed by atoms with Crippen LogP contribution in [-0.4, -0.2) is 73.9 Å². The molecular formula is C30H41FN2O7Si. The molecule has 11 heteroatoms. The third-order valence-corrected chi connectivity index (χ3v) is 13.1. The minimum atomic E-state index is -2.38. The number of halogens is 1. The molecule has 2 aliphatic heterocycles. The molecule has 2 aromatic carbocycles. The third kappa shape index (κ3) is 6.52. The molecular weight excluding hydrogens is 547 g/mol. The van der Waals surface area contributed by atoms with Gasteiger partial charge in [-0.1, -0.05) is 32.9 Å². The van der Waals surface area contributed by atoms with E-state index in [1.54, 1.807) is 19.2 Å². The van der Waals surface area contributed by atoms with Crippen LogP contribution < -0.4 is 14.4 Å². The number of amides is 2. The topological polar surface area (TPSA) is 109 Å². The Bertz CT molecular complexity index is 1280. The molecule has 41 heavy (non-hydrogen) atoms. The summed E-state index contributed by atoms with van der Waals surface area (Å²) in [6.07, 6.45) is -1.24. The van der Waals surface area contributed by atoms with Crippen LogP contribution in [0.1, 0.15) is 44.7 Å². The van der Waals surface area contributed by atoms with Gasteiger partial charge in [-0.25, -0.2) is 9.18 Å². The number of rotatable bonds is 8. The molecule has 0 aliphatic carbocycles. The maximum atomic E-state index is 15.2. The summed E-state index contributed by atoms with van der Waals surface area (Å²) in [5.74, 6) is 0.353. The number of nitrogens with zero attached hydrogens (tertiary/aromatic N) is 2. The van der Waals surface area contributed by atoms with Gasteiger partial charge in [0.05, 0.1) is 32.0 Å². The Morgan fingerprint density at radius 1 is 1.15 bits per heavy atom. The quantitative estimate of drug-likeness (QED) is 0.408. The molecule has 2 amide bonds. The lowest BCUT2D eigenvalue weighted by atomic mass is 9.89. The lowest BCUT2D eigenvalue weighted by Gasteiger charge is -2.48. The van der Waals surface area contributed by atoms with Gasteiger partial charge in [-0.3, -0.25) is 4.79 Å². The van der Waals surface area contributed by atoms with Gasteiger partial charge in [-0.15, -0.1) is 0 Å². The summed E-state index contributed by atoms with van der Waals surface area (Å²) in [6, 6.07) is 10.0. The molecule has 2 aromatic rings. The van der Waals surface area contributed by atoms with Crippen LogP contribution in [0.2, 0.25) is 18.1 Å². The molecule has 4 rings (SSSR count). The summed E-state index contributed by atoms with van der Waals surface area (Å²) in [5.41, 5.74) is 0.0986. The van der Waals surface area contributed by atoms with Crippen molar-refractivity contribution in [2.45, 2.75) is 76.4 Å². The first-order valence-corrected chi connectivity index (χ1v) is 16.8. The molecule has 2 aliphatic rings. The molecule has 1 saturated heterocycles. The molecule has 0 unspecified atom stereocenters. The number of benzene rings is 2. The predicted octanol–water partition coefficient (Wildman–Crippen LogP) is 5.20. The lowest BCUT2D eigenvalue weighted by Crippen LogP contribution is -2.63.